The number of ether oxygens (including phenoxy) is 1. The number of amides is 1. The number of halogens is 1. The molecule has 2 aliphatic rings. The Bertz CT molecular complexity index is 660. The number of benzene rings is 1. The third-order valence-corrected chi connectivity index (χ3v) is 5.96. The van der Waals surface area contributed by atoms with Gasteiger partial charge in [-0.2, -0.15) is 0 Å². The fourth-order valence-corrected chi connectivity index (χ4v) is 4.58. The predicted molar refractivity (Wildman–Crippen MR) is 109 cm³/mol. The van der Waals surface area contributed by atoms with Crippen LogP contribution in [0.4, 0.5) is 10.5 Å². The highest BCUT2D eigenvalue weighted by atomic mass is 79.9. The molecule has 6 heteroatoms. The van der Waals surface area contributed by atoms with E-state index in [2.05, 4.69) is 46.0 Å². The monoisotopic (exact) mass is 423 g/mol. The summed E-state index contributed by atoms with van der Waals surface area (Å²) in [6.45, 7) is 10.2. The summed E-state index contributed by atoms with van der Waals surface area (Å²) in [5, 5.41) is 0. The number of nitrogens with zero attached hydrogens (tertiary/aromatic N) is 2. The van der Waals surface area contributed by atoms with Gasteiger partial charge in [0.05, 0.1) is 17.8 Å². The lowest BCUT2D eigenvalue weighted by molar-refractivity contribution is 0.0123. The average Bonchev–Trinajstić information content (AvgIpc) is 2.83. The number of hydrogen-bond acceptors (Lipinski definition) is 4. The van der Waals surface area contributed by atoms with Gasteiger partial charge in [0.25, 0.3) is 0 Å². The van der Waals surface area contributed by atoms with E-state index in [0.717, 1.165) is 30.4 Å². The molecular weight excluding hydrogens is 394 g/mol. The molecule has 3 unspecified atom stereocenters. The van der Waals surface area contributed by atoms with E-state index >= 15 is 0 Å². The van der Waals surface area contributed by atoms with E-state index in [1.54, 1.807) is 0 Å². The SMILES string of the molecule is CC(CN)c1ccc(N2CC3CCC(C2)N3C(=O)OC(C)(C)C)c(Br)c1. The summed E-state index contributed by atoms with van der Waals surface area (Å²) >= 11 is 3.74. The largest absolute Gasteiger partial charge is 0.444 e. The molecule has 0 aromatic heterocycles. The molecule has 5 nitrogen and oxygen atoms in total. The number of carbonyl (C=O) groups excluding carboxylic acids is 1. The van der Waals surface area contributed by atoms with Gasteiger partial charge in [-0.25, -0.2) is 4.79 Å². The lowest BCUT2D eigenvalue weighted by atomic mass is 10.0. The van der Waals surface area contributed by atoms with E-state index < -0.39 is 5.60 Å². The summed E-state index contributed by atoms with van der Waals surface area (Å²) < 4.78 is 6.72. The van der Waals surface area contributed by atoms with Crippen molar-refractivity contribution in [2.45, 2.75) is 64.1 Å². The van der Waals surface area contributed by atoms with Crippen molar-refractivity contribution in [2.24, 2.45) is 5.73 Å². The van der Waals surface area contributed by atoms with Crippen LogP contribution in [0.25, 0.3) is 0 Å². The first-order chi connectivity index (χ1) is 12.2. The van der Waals surface area contributed by atoms with Gasteiger partial charge in [-0.05, 0) is 79.7 Å². The molecule has 2 fully saturated rings. The molecule has 2 saturated heterocycles. The molecule has 2 heterocycles. The topological polar surface area (TPSA) is 58.8 Å². The molecule has 1 amide bonds. The maximum absolute atomic E-state index is 12.6. The second-order valence-corrected chi connectivity index (χ2v) is 9.38. The minimum Gasteiger partial charge on any atom is -0.444 e. The smallest absolute Gasteiger partial charge is 0.410 e. The molecule has 1 aromatic rings. The van der Waals surface area contributed by atoms with Gasteiger partial charge in [0.1, 0.15) is 5.60 Å². The van der Waals surface area contributed by atoms with Crippen molar-refractivity contribution in [1.29, 1.82) is 0 Å². The summed E-state index contributed by atoms with van der Waals surface area (Å²) in [6, 6.07) is 6.96. The van der Waals surface area contributed by atoms with Gasteiger partial charge in [0, 0.05) is 17.6 Å². The molecule has 0 spiro atoms. The van der Waals surface area contributed by atoms with Crippen LogP contribution < -0.4 is 10.6 Å². The Morgan fingerprint density at radius 2 is 1.92 bits per heavy atom. The third kappa shape index (κ3) is 4.01. The lowest BCUT2D eigenvalue weighted by Crippen LogP contribution is -2.56. The summed E-state index contributed by atoms with van der Waals surface area (Å²) in [4.78, 5) is 17.0. The molecule has 3 atom stereocenters. The van der Waals surface area contributed by atoms with Crippen molar-refractivity contribution < 1.29 is 9.53 Å². The molecule has 144 valence electrons. The van der Waals surface area contributed by atoms with Gasteiger partial charge in [-0.1, -0.05) is 13.0 Å². The number of fused-ring (bicyclic) bond motifs is 2. The van der Waals surface area contributed by atoms with Gasteiger partial charge < -0.3 is 15.4 Å². The van der Waals surface area contributed by atoms with Crippen molar-refractivity contribution in [3.05, 3.63) is 28.2 Å². The van der Waals surface area contributed by atoms with E-state index in [-0.39, 0.29) is 18.2 Å². The molecule has 0 saturated carbocycles. The van der Waals surface area contributed by atoms with E-state index in [0.29, 0.717) is 12.5 Å². The van der Waals surface area contributed by atoms with E-state index in [1.807, 2.05) is 25.7 Å². The van der Waals surface area contributed by atoms with Crippen LogP contribution in [0.3, 0.4) is 0 Å². The highest BCUT2D eigenvalue weighted by Crippen LogP contribution is 2.37. The van der Waals surface area contributed by atoms with E-state index in [9.17, 15) is 4.79 Å². The summed E-state index contributed by atoms with van der Waals surface area (Å²) in [7, 11) is 0. The first-order valence-electron chi connectivity index (χ1n) is 9.45. The number of piperazine rings is 1. The van der Waals surface area contributed by atoms with Crippen molar-refractivity contribution in [3.63, 3.8) is 0 Å². The summed E-state index contributed by atoms with van der Waals surface area (Å²) in [5.41, 5.74) is 7.78. The fraction of sp³-hybridized carbons (Fsp3) is 0.650. The van der Waals surface area contributed by atoms with Crippen LogP contribution in [-0.2, 0) is 4.74 Å². The Morgan fingerprint density at radius 1 is 1.31 bits per heavy atom. The van der Waals surface area contributed by atoms with Crippen LogP contribution in [-0.4, -0.2) is 48.3 Å². The molecule has 0 radical (unpaired) electrons. The maximum Gasteiger partial charge on any atom is 0.410 e. The van der Waals surface area contributed by atoms with E-state index in [4.69, 9.17) is 10.5 Å². The van der Waals surface area contributed by atoms with Gasteiger partial charge in [0.15, 0.2) is 0 Å². The third-order valence-electron chi connectivity index (χ3n) is 5.32. The highest BCUT2D eigenvalue weighted by Gasteiger charge is 2.44. The molecular formula is C20H30BrN3O2. The second-order valence-electron chi connectivity index (χ2n) is 8.53. The molecule has 0 aliphatic carbocycles. The zero-order valence-electron chi connectivity index (χ0n) is 16.2. The van der Waals surface area contributed by atoms with Crippen molar-refractivity contribution in [1.82, 2.24) is 4.90 Å². The van der Waals surface area contributed by atoms with Crippen molar-refractivity contribution >= 4 is 27.7 Å². The van der Waals surface area contributed by atoms with Gasteiger partial charge >= 0.3 is 6.09 Å². The minimum absolute atomic E-state index is 0.171. The Labute approximate surface area is 165 Å². The average molecular weight is 424 g/mol. The lowest BCUT2D eigenvalue weighted by Gasteiger charge is -2.42. The predicted octanol–water partition coefficient (Wildman–Crippen LogP) is 4.10. The number of rotatable bonds is 3. The molecule has 26 heavy (non-hydrogen) atoms. The maximum atomic E-state index is 12.6. The summed E-state index contributed by atoms with van der Waals surface area (Å²) in [6.07, 6.45) is 1.91. The standard InChI is InChI=1S/C20H30BrN3O2/c1-13(10-22)14-5-8-18(17(21)9-14)23-11-15-6-7-16(12-23)24(15)19(25)26-20(2,3)4/h5,8-9,13,15-16H,6-7,10-12,22H2,1-4H3. The van der Waals surface area contributed by atoms with Crippen LogP contribution in [0.1, 0.15) is 52.0 Å². The normalized spacial score (nSPS) is 23.9. The first-order valence-corrected chi connectivity index (χ1v) is 10.2. The Hall–Kier alpha value is -1.27. The number of anilines is 1. The Balaban J connectivity index is 1.74. The highest BCUT2D eigenvalue weighted by molar-refractivity contribution is 9.10. The fourth-order valence-electron chi connectivity index (χ4n) is 3.93. The van der Waals surface area contributed by atoms with Crippen LogP contribution in [0.15, 0.2) is 22.7 Å². The second kappa shape index (κ2) is 7.39. The van der Waals surface area contributed by atoms with Crippen molar-refractivity contribution in [3.8, 4) is 0 Å². The number of carbonyl (C=O) groups is 1. The molecule has 2 bridgehead atoms. The van der Waals surface area contributed by atoms with Gasteiger partial charge in [-0.3, -0.25) is 4.90 Å². The van der Waals surface area contributed by atoms with E-state index in [1.165, 1.54) is 11.3 Å². The van der Waals surface area contributed by atoms with Crippen LogP contribution in [0.2, 0.25) is 0 Å². The first kappa shape index (κ1) is 19.5. The van der Waals surface area contributed by atoms with Crippen LogP contribution >= 0.6 is 15.9 Å². The van der Waals surface area contributed by atoms with Gasteiger partial charge in [-0.15, -0.1) is 0 Å². The molecule has 3 rings (SSSR count). The molecule has 2 N–H and O–H groups in total. The Kier molecular flexibility index (Phi) is 5.54. The zero-order valence-corrected chi connectivity index (χ0v) is 17.8. The number of hydrogen-bond donors (Lipinski definition) is 1. The van der Waals surface area contributed by atoms with Gasteiger partial charge in [0.2, 0.25) is 0 Å². The number of nitrogens with two attached hydrogens (primary N) is 1. The Morgan fingerprint density at radius 3 is 2.42 bits per heavy atom. The quantitative estimate of drug-likeness (QED) is 0.794. The van der Waals surface area contributed by atoms with Crippen molar-refractivity contribution in [2.75, 3.05) is 24.5 Å². The molecule has 1 aromatic carbocycles. The zero-order chi connectivity index (χ0) is 19.1. The summed E-state index contributed by atoms with van der Waals surface area (Å²) in [5.74, 6) is 0.348. The molecule has 2 aliphatic heterocycles. The van der Waals surface area contributed by atoms with Crippen LogP contribution in [0.5, 0.6) is 0 Å². The minimum atomic E-state index is -0.452. The van der Waals surface area contributed by atoms with Crippen LogP contribution in [0, 0.1) is 0 Å².